The molecule has 10 heteroatoms. The Labute approximate surface area is 216 Å². The number of aromatic nitrogens is 2. The molecule has 1 fully saturated rings. The van der Waals surface area contributed by atoms with E-state index in [-0.39, 0.29) is 17.7 Å². The van der Waals surface area contributed by atoms with E-state index in [1.165, 1.54) is 13.2 Å². The van der Waals surface area contributed by atoms with Gasteiger partial charge in [-0.1, -0.05) is 0 Å². The third-order valence-corrected chi connectivity index (χ3v) is 6.62. The fourth-order valence-electron chi connectivity index (χ4n) is 4.39. The van der Waals surface area contributed by atoms with Gasteiger partial charge in [0.05, 0.1) is 32.7 Å². The van der Waals surface area contributed by atoms with E-state index in [2.05, 4.69) is 32.1 Å². The predicted molar refractivity (Wildman–Crippen MR) is 140 cm³/mol. The highest BCUT2D eigenvalue weighted by Gasteiger charge is 2.21. The van der Waals surface area contributed by atoms with Crippen molar-refractivity contribution in [1.29, 1.82) is 0 Å². The highest BCUT2D eigenvalue weighted by atomic mass is 19.1. The van der Waals surface area contributed by atoms with Gasteiger partial charge < -0.3 is 29.3 Å². The number of piperazine rings is 1. The van der Waals surface area contributed by atoms with Crippen LogP contribution in [0.4, 0.5) is 26.1 Å². The lowest BCUT2D eigenvalue weighted by Gasteiger charge is -2.35. The molecule has 0 spiro atoms. The summed E-state index contributed by atoms with van der Waals surface area (Å²) in [6.07, 6.45) is 3.81. The lowest BCUT2D eigenvalue weighted by atomic mass is 10.0. The first-order valence-corrected chi connectivity index (χ1v) is 12.1. The number of halogens is 2. The SMILES string of the molecule is COc1cc(N2CCN(C)CC2)c(OC)cc1Nc1ncc(CCc2c(F)c(C)cc(OC)c2F)cn1. The van der Waals surface area contributed by atoms with Crippen LogP contribution in [0.5, 0.6) is 17.2 Å². The quantitative estimate of drug-likeness (QED) is 0.452. The summed E-state index contributed by atoms with van der Waals surface area (Å²) in [5, 5.41) is 3.19. The number of benzene rings is 2. The van der Waals surface area contributed by atoms with Gasteiger partial charge in [-0.2, -0.15) is 0 Å². The van der Waals surface area contributed by atoms with Gasteiger partial charge >= 0.3 is 0 Å². The molecule has 8 nitrogen and oxygen atoms in total. The van der Waals surface area contributed by atoms with Crippen LogP contribution in [-0.2, 0) is 12.8 Å². The molecule has 1 N–H and O–H groups in total. The van der Waals surface area contributed by atoms with E-state index in [0.717, 1.165) is 43.2 Å². The summed E-state index contributed by atoms with van der Waals surface area (Å²) < 4.78 is 45.5. The van der Waals surface area contributed by atoms with Crippen molar-refractivity contribution in [2.75, 3.05) is 64.8 Å². The predicted octanol–water partition coefficient (Wildman–Crippen LogP) is 4.37. The molecule has 37 heavy (non-hydrogen) atoms. The molecular formula is C27H33F2N5O3. The summed E-state index contributed by atoms with van der Waals surface area (Å²) >= 11 is 0. The van der Waals surface area contributed by atoms with Crippen molar-refractivity contribution < 1.29 is 23.0 Å². The maximum absolute atomic E-state index is 14.6. The second kappa shape index (κ2) is 11.6. The van der Waals surface area contributed by atoms with Gasteiger partial charge in [0.2, 0.25) is 5.95 Å². The molecule has 4 rings (SSSR count). The molecule has 1 aliphatic heterocycles. The number of likely N-dealkylation sites (N-methyl/N-ethyl adjacent to an activating group) is 1. The van der Waals surface area contributed by atoms with Crippen molar-refractivity contribution in [2.24, 2.45) is 0 Å². The van der Waals surface area contributed by atoms with Crippen LogP contribution in [0.3, 0.4) is 0 Å². The van der Waals surface area contributed by atoms with E-state index in [4.69, 9.17) is 14.2 Å². The first-order valence-electron chi connectivity index (χ1n) is 12.1. The summed E-state index contributed by atoms with van der Waals surface area (Å²) in [6.45, 7) is 5.34. The fraction of sp³-hybridized carbons (Fsp3) is 0.407. The number of nitrogens with zero attached hydrogens (tertiary/aromatic N) is 4. The minimum absolute atomic E-state index is 0.00340. The van der Waals surface area contributed by atoms with Crippen molar-refractivity contribution in [3.63, 3.8) is 0 Å². The Hall–Kier alpha value is -3.66. The number of methoxy groups -OCH3 is 3. The molecule has 2 heterocycles. The van der Waals surface area contributed by atoms with Crippen molar-refractivity contribution in [2.45, 2.75) is 19.8 Å². The summed E-state index contributed by atoms with van der Waals surface area (Å²) in [7, 11) is 6.74. The van der Waals surface area contributed by atoms with Gasteiger partial charge in [-0.15, -0.1) is 0 Å². The van der Waals surface area contributed by atoms with Crippen molar-refractivity contribution >= 4 is 17.3 Å². The highest BCUT2D eigenvalue weighted by Crippen LogP contribution is 2.39. The number of nitrogens with one attached hydrogen (secondary N) is 1. The Bertz CT molecular complexity index is 1230. The third-order valence-electron chi connectivity index (χ3n) is 6.62. The zero-order chi connectivity index (χ0) is 26.5. The molecule has 198 valence electrons. The fourth-order valence-corrected chi connectivity index (χ4v) is 4.39. The number of aryl methyl sites for hydroxylation is 2. The monoisotopic (exact) mass is 513 g/mol. The van der Waals surface area contributed by atoms with Gasteiger partial charge in [-0.25, -0.2) is 18.7 Å². The van der Waals surface area contributed by atoms with Crippen molar-refractivity contribution in [3.8, 4) is 17.2 Å². The summed E-state index contributed by atoms with van der Waals surface area (Å²) in [5.41, 5.74) is 2.73. The van der Waals surface area contributed by atoms with Gasteiger partial charge in [-0.3, -0.25) is 0 Å². The molecule has 1 aromatic heterocycles. The Morgan fingerprint density at radius 2 is 1.49 bits per heavy atom. The van der Waals surface area contributed by atoms with Gasteiger partial charge in [0.25, 0.3) is 0 Å². The van der Waals surface area contributed by atoms with Gasteiger partial charge in [0.1, 0.15) is 17.3 Å². The summed E-state index contributed by atoms with van der Waals surface area (Å²) in [6, 6.07) is 5.19. The number of hydrogen-bond acceptors (Lipinski definition) is 8. The molecule has 0 atom stereocenters. The second-order valence-electron chi connectivity index (χ2n) is 9.06. The van der Waals surface area contributed by atoms with Gasteiger partial charge in [0, 0.05) is 56.3 Å². The summed E-state index contributed by atoms with van der Waals surface area (Å²) in [5.74, 6) is 0.534. The molecule has 0 amide bonds. The molecule has 0 aliphatic carbocycles. The third kappa shape index (κ3) is 5.85. The standard InChI is InChI=1S/C27H33F2N5O3/c1-17-12-24(37-5)26(29)19(25(17)28)7-6-18-15-30-27(31-16-18)32-20-13-23(36-4)21(14-22(20)35-3)34-10-8-33(2)9-11-34/h12-16H,6-11H2,1-5H3,(H,30,31,32). The van der Waals surface area contributed by atoms with Crippen LogP contribution >= 0.6 is 0 Å². The van der Waals surface area contributed by atoms with Crippen LogP contribution in [0.2, 0.25) is 0 Å². The van der Waals surface area contributed by atoms with E-state index in [1.54, 1.807) is 33.5 Å². The maximum Gasteiger partial charge on any atom is 0.227 e. The maximum atomic E-state index is 14.6. The molecule has 0 saturated carbocycles. The van der Waals surface area contributed by atoms with Crippen LogP contribution < -0.4 is 24.4 Å². The molecule has 2 aromatic carbocycles. The molecule has 0 radical (unpaired) electrons. The number of hydrogen-bond donors (Lipinski definition) is 1. The number of anilines is 3. The normalized spacial score (nSPS) is 14.0. The minimum Gasteiger partial charge on any atom is -0.494 e. The summed E-state index contributed by atoms with van der Waals surface area (Å²) in [4.78, 5) is 13.4. The van der Waals surface area contributed by atoms with E-state index in [0.29, 0.717) is 29.4 Å². The molecular weight excluding hydrogens is 480 g/mol. The topological polar surface area (TPSA) is 72.0 Å². The van der Waals surface area contributed by atoms with E-state index < -0.39 is 11.6 Å². The highest BCUT2D eigenvalue weighted by molar-refractivity contribution is 5.74. The van der Waals surface area contributed by atoms with Gasteiger partial charge in [-0.05, 0) is 44.0 Å². The lowest BCUT2D eigenvalue weighted by molar-refractivity contribution is 0.310. The number of ether oxygens (including phenoxy) is 3. The van der Waals surface area contributed by atoms with E-state index >= 15 is 0 Å². The van der Waals surface area contributed by atoms with Crippen LogP contribution in [0.25, 0.3) is 0 Å². The Balaban J connectivity index is 1.48. The zero-order valence-corrected chi connectivity index (χ0v) is 21.9. The molecule has 1 saturated heterocycles. The van der Waals surface area contributed by atoms with Crippen molar-refractivity contribution in [3.05, 3.63) is 58.9 Å². The van der Waals surface area contributed by atoms with Crippen molar-refractivity contribution in [1.82, 2.24) is 14.9 Å². The largest absolute Gasteiger partial charge is 0.494 e. The smallest absolute Gasteiger partial charge is 0.227 e. The molecule has 3 aromatic rings. The van der Waals surface area contributed by atoms with E-state index in [9.17, 15) is 8.78 Å². The average molecular weight is 514 g/mol. The van der Waals surface area contributed by atoms with Crippen LogP contribution in [0.1, 0.15) is 16.7 Å². The second-order valence-corrected chi connectivity index (χ2v) is 9.06. The first-order chi connectivity index (χ1) is 17.8. The molecule has 0 unspecified atom stereocenters. The van der Waals surface area contributed by atoms with Crippen LogP contribution in [0, 0.1) is 18.6 Å². The van der Waals surface area contributed by atoms with Crippen LogP contribution in [-0.4, -0.2) is 69.4 Å². The lowest BCUT2D eigenvalue weighted by Crippen LogP contribution is -2.44. The van der Waals surface area contributed by atoms with Gasteiger partial charge in [0.15, 0.2) is 11.6 Å². The number of rotatable bonds is 9. The van der Waals surface area contributed by atoms with Crippen LogP contribution in [0.15, 0.2) is 30.6 Å². The van der Waals surface area contributed by atoms with E-state index in [1.807, 2.05) is 12.1 Å². The average Bonchev–Trinajstić information content (AvgIpc) is 2.91. The minimum atomic E-state index is -0.675. The Morgan fingerprint density at radius 1 is 0.838 bits per heavy atom. The first kappa shape index (κ1) is 26.4. The zero-order valence-electron chi connectivity index (χ0n) is 21.9. The Morgan fingerprint density at radius 3 is 2.11 bits per heavy atom. The molecule has 0 bridgehead atoms. The Kier molecular flexibility index (Phi) is 8.27. The molecule has 1 aliphatic rings.